The van der Waals surface area contributed by atoms with Crippen LogP contribution in [0.4, 0.5) is 0 Å². The van der Waals surface area contributed by atoms with Crippen LogP contribution in [-0.2, 0) is 4.79 Å². The number of halogens is 1. The first-order valence-corrected chi connectivity index (χ1v) is 8.22. The molecule has 112 valence electrons. The van der Waals surface area contributed by atoms with E-state index in [1.54, 1.807) is 4.90 Å². The molecule has 1 aromatic carbocycles. The third kappa shape index (κ3) is 2.49. The van der Waals surface area contributed by atoms with Crippen LogP contribution in [0.25, 0.3) is 10.1 Å². The number of thiophene rings is 1. The number of Topliss-reactive ketones (excluding diaryl/α,β-unsaturated/α-hetero) is 1. The Balaban J connectivity index is 1.95. The molecular weight excluding hydrogens is 320 g/mol. The lowest BCUT2D eigenvalue weighted by molar-refractivity contribution is -0.131. The van der Waals surface area contributed by atoms with E-state index < -0.39 is 17.6 Å². The fraction of sp³-hybridized carbons (Fsp3) is 0.312. The maximum atomic E-state index is 12.6. The standard InChI is InChI=1S/C16H13ClN2O2S/c17-13-10-5-1-2-6-12(10)22-15(13)14(20)11(9-18)16(21)19-7-3-4-8-19/h1-2,5-6,11H,3-4,7-8H2. The molecule has 1 unspecified atom stereocenters. The molecule has 3 rings (SSSR count). The van der Waals surface area contributed by atoms with Gasteiger partial charge >= 0.3 is 0 Å². The number of carbonyl (C=O) groups is 2. The summed E-state index contributed by atoms with van der Waals surface area (Å²) < 4.78 is 0.876. The molecule has 0 N–H and O–H groups in total. The number of nitrogens with zero attached hydrogens (tertiary/aromatic N) is 2. The summed E-state index contributed by atoms with van der Waals surface area (Å²) in [7, 11) is 0. The average Bonchev–Trinajstić information content (AvgIpc) is 3.16. The molecule has 2 aromatic rings. The summed E-state index contributed by atoms with van der Waals surface area (Å²) in [5.74, 6) is -2.20. The van der Waals surface area contributed by atoms with Crippen LogP contribution < -0.4 is 0 Å². The second-order valence-electron chi connectivity index (χ2n) is 5.20. The second kappa shape index (κ2) is 6.07. The molecule has 0 spiro atoms. The van der Waals surface area contributed by atoms with E-state index in [-0.39, 0.29) is 0 Å². The number of hydrogen-bond acceptors (Lipinski definition) is 4. The van der Waals surface area contributed by atoms with Crippen molar-refractivity contribution >= 4 is 44.7 Å². The van der Waals surface area contributed by atoms with Crippen molar-refractivity contribution in [1.82, 2.24) is 4.90 Å². The van der Waals surface area contributed by atoms with Crippen molar-refractivity contribution in [2.24, 2.45) is 5.92 Å². The van der Waals surface area contributed by atoms with Gasteiger partial charge in [0.2, 0.25) is 11.7 Å². The summed E-state index contributed by atoms with van der Waals surface area (Å²) in [6.45, 7) is 1.23. The zero-order chi connectivity index (χ0) is 15.7. The molecule has 2 heterocycles. The zero-order valence-electron chi connectivity index (χ0n) is 11.7. The van der Waals surface area contributed by atoms with Gasteiger partial charge in [0, 0.05) is 23.2 Å². The average molecular weight is 333 g/mol. The highest BCUT2D eigenvalue weighted by Gasteiger charge is 2.34. The Morgan fingerprint density at radius 3 is 2.59 bits per heavy atom. The van der Waals surface area contributed by atoms with E-state index in [0.717, 1.165) is 22.9 Å². The summed E-state index contributed by atoms with van der Waals surface area (Å²) in [6, 6.07) is 9.25. The second-order valence-corrected chi connectivity index (χ2v) is 6.63. The number of likely N-dealkylation sites (tertiary alicyclic amines) is 1. The molecular formula is C16H13ClN2O2S. The molecule has 0 aliphatic carbocycles. The Morgan fingerprint density at radius 2 is 1.95 bits per heavy atom. The van der Waals surface area contributed by atoms with Crippen molar-refractivity contribution in [2.45, 2.75) is 12.8 Å². The van der Waals surface area contributed by atoms with E-state index in [4.69, 9.17) is 11.6 Å². The molecule has 0 bridgehead atoms. The fourth-order valence-electron chi connectivity index (χ4n) is 2.65. The lowest BCUT2D eigenvalue weighted by Gasteiger charge is -2.17. The van der Waals surface area contributed by atoms with Crippen LogP contribution in [0.2, 0.25) is 5.02 Å². The summed E-state index contributed by atoms with van der Waals surface area (Å²) in [5, 5.41) is 10.4. The number of carbonyl (C=O) groups excluding carboxylic acids is 2. The molecule has 0 saturated carbocycles. The quantitative estimate of drug-likeness (QED) is 0.638. The monoisotopic (exact) mass is 332 g/mol. The minimum absolute atomic E-state index is 0.293. The van der Waals surface area contributed by atoms with E-state index in [2.05, 4.69) is 0 Å². The Morgan fingerprint density at radius 1 is 1.27 bits per heavy atom. The van der Waals surface area contributed by atoms with Crippen molar-refractivity contribution in [3.8, 4) is 6.07 Å². The molecule has 22 heavy (non-hydrogen) atoms. The minimum atomic E-state index is -1.30. The smallest absolute Gasteiger partial charge is 0.247 e. The minimum Gasteiger partial charge on any atom is -0.341 e. The molecule has 1 amide bonds. The van der Waals surface area contributed by atoms with Gasteiger partial charge in [-0.3, -0.25) is 9.59 Å². The SMILES string of the molecule is N#CC(C(=O)c1sc2ccccc2c1Cl)C(=O)N1CCCC1. The van der Waals surface area contributed by atoms with Gasteiger partial charge in [-0.25, -0.2) is 0 Å². The maximum absolute atomic E-state index is 12.6. The van der Waals surface area contributed by atoms with Gasteiger partial charge in [0.1, 0.15) is 0 Å². The normalized spacial score (nSPS) is 15.7. The fourth-order valence-corrected chi connectivity index (χ4v) is 4.14. The molecule has 1 fully saturated rings. The molecule has 1 aromatic heterocycles. The number of amides is 1. The van der Waals surface area contributed by atoms with E-state index in [9.17, 15) is 14.9 Å². The van der Waals surface area contributed by atoms with Gasteiger partial charge in [0.15, 0.2) is 5.92 Å². The van der Waals surface area contributed by atoms with Gasteiger partial charge in [0.25, 0.3) is 0 Å². The Hall–Kier alpha value is -1.90. The Labute approximate surface area is 136 Å². The number of nitriles is 1. The van der Waals surface area contributed by atoms with Gasteiger partial charge in [-0.2, -0.15) is 5.26 Å². The highest BCUT2D eigenvalue weighted by atomic mass is 35.5. The van der Waals surface area contributed by atoms with Gasteiger partial charge in [0.05, 0.1) is 16.0 Å². The van der Waals surface area contributed by atoms with E-state index in [1.807, 2.05) is 30.3 Å². The number of hydrogen-bond donors (Lipinski definition) is 0. The molecule has 4 nitrogen and oxygen atoms in total. The number of ketones is 1. The molecule has 1 atom stereocenters. The summed E-state index contributed by atoms with van der Waals surface area (Å²) in [6.07, 6.45) is 1.84. The van der Waals surface area contributed by atoms with Crippen LogP contribution in [0, 0.1) is 17.2 Å². The van der Waals surface area contributed by atoms with Gasteiger partial charge < -0.3 is 4.90 Å². The van der Waals surface area contributed by atoms with Crippen LogP contribution in [-0.4, -0.2) is 29.7 Å². The Kier molecular flexibility index (Phi) is 4.14. The van der Waals surface area contributed by atoms with E-state index >= 15 is 0 Å². The first-order valence-electron chi connectivity index (χ1n) is 7.03. The first kappa shape index (κ1) is 15.0. The number of fused-ring (bicyclic) bond motifs is 1. The van der Waals surface area contributed by atoms with Crippen molar-refractivity contribution in [1.29, 1.82) is 5.26 Å². The van der Waals surface area contributed by atoms with Crippen LogP contribution in [0.3, 0.4) is 0 Å². The molecule has 1 aliphatic rings. The third-order valence-corrected chi connectivity index (χ3v) is 5.50. The van der Waals surface area contributed by atoms with Gasteiger partial charge in [-0.15, -0.1) is 11.3 Å². The highest BCUT2D eigenvalue weighted by molar-refractivity contribution is 7.21. The summed E-state index contributed by atoms with van der Waals surface area (Å²) >= 11 is 7.50. The third-order valence-electron chi connectivity index (χ3n) is 3.81. The van der Waals surface area contributed by atoms with Crippen molar-refractivity contribution in [2.75, 3.05) is 13.1 Å². The van der Waals surface area contributed by atoms with Gasteiger partial charge in [-0.05, 0) is 18.9 Å². The maximum Gasteiger partial charge on any atom is 0.247 e. The first-order chi connectivity index (χ1) is 10.6. The van der Waals surface area contributed by atoms with E-state index in [1.165, 1.54) is 11.3 Å². The molecule has 0 radical (unpaired) electrons. The zero-order valence-corrected chi connectivity index (χ0v) is 13.3. The lowest BCUT2D eigenvalue weighted by atomic mass is 10.0. The molecule has 6 heteroatoms. The van der Waals surface area contributed by atoms with E-state index in [0.29, 0.717) is 23.0 Å². The van der Waals surface area contributed by atoms with Crippen LogP contribution in [0.5, 0.6) is 0 Å². The largest absolute Gasteiger partial charge is 0.341 e. The molecule has 1 saturated heterocycles. The van der Waals surface area contributed by atoms with Crippen molar-refractivity contribution in [3.63, 3.8) is 0 Å². The summed E-state index contributed by atoms with van der Waals surface area (Å²) in [4.78, 5) is 26.9. The predicted molar refractivity (Wildman–Crippen MR) is 86.1 cm³/mol. The van der Waals surface area contributed by atoms with Gasteiger partial charge in [-0.1, -0.05) is 29.8 Å². The van der Waals surface area contributed by atoms with Crippen molar-refractivity contribution < 1.29 is 9.59 Å². The number of rotatable bonds is 3. The highest BCUT2D eigenvalue weighted by Crippen LogP contribution is 2.36. The number of benzene rings is 1. The topological polar surface area (TPSA) is 61.2 Å². The van der Waals surface area contributed by atoms with Crippen LogP contribution in [0.15, 0.2) is 24.3 Å². The van der Waals surface area contributed by atoms with Crippen LogP contribution in [0.1, 0.15) is 22.5 Å². The Bertz CT molecular complexity index is 787. The van der Waals surface area contributed by atoms with Crippen LogP contribution >= 0.6 is 22.9 Å². The summed E-state index contributed by atoms with van der Waals surface area (Å²) in [5.41, 5.74) is 0. The lowest BCUT2D eigenvalue weighted by Crippen LogP contribution is -2.36. The molecule has 1 aliphatic heterocycles. The predicted octanol–water partition coefficient (Wildman–Crippen LogP) is 3.50. The van der Waals surface area contributed by atoms with Crippen molar-refractivity contribution in [3.05, 3.63) is 34.2 Å².